The van der Waals surface area contributed by atoms with E-state index in [2.05, 4.69) is 18.5 Å². The summed E-state index contributed by atoms with van der Waals surface area (Å²) in [6.07, 6.45) is -7.03. The number of aliphatic hydroxyl groups is 1. The van der Waals surface area contributed by atoms with Crippen LogP contribution in [-0.4, -0.2) is 65.2 Å². The molecule has 3 rings (SSSR count). The molecule has 1 aliphatic rings. The van der Waals surface area contributed by atoms with Gasteiger partial charge in [-0.3, -0.25) is 24.2 Å². The number of nitrogens with one attached hydrogen (secondary N) is 2. The van der Waals surface area contributed by atoms with Crippen LogP contribution in [0.2, 0.25) is 0 Å². The minimum atomic E-state index is -5.82. The maximum absolute atomic E-state index is 12.4. The maximum Gasteiger partial charge on any atom is 0.490 e. The van der Waals surface area contributed by atoms with Crippen LogP contribution in [0.15, 0.2) is 52.2 Å². The molecule has 1 saturated heterocycles. The molecular weight excluding hydrogens is 583 g/mol. The zero-order valence-corrected chi connectivity index (χ0v) is 21.3. The van der Waals surface area contributed by atoms with E-state index in [1.165, 1.54) is 12.1 Å². The number of anilines is 1. The highest BCUT2D eigenvalue weighted by Gasteiger charge is 2.49. The van der Waals surface area contributed by atoms with Crippen molar-refractivity contribution in [1.82, 2.24) is 9.55 Å². The van der Waals surface area contributed by atoms with Crippen molar-refractivity contribution in [3.05, 3.63) is 63.4 Å². The fourth-order valence-corrected chi connectivity index (χ4v) is 6.15. The monoisotopic (exact) mass is 603 g/mol. The van der Waals surface area contributed by atoms with Crippen LogP contribution in [0.3, 0.4) is 0 Å². The van der Waals surface area contributed by atoms with E-state index in [1.54, 1.807) is 18.2 Å². The maximum atomic E-state index is 12.4. The van der Waals surface area contributed by atoms with E-state index in [9.17, 15) is 43.0 Å². The number of phosphoric acid groups is 3. The van der Waals surface area contributed by atoms with Crippen LogP contribution in [0, 0.1) is 0 Å². The Bertz CT molecular complexity index is 1410. The summed E-state index contributed by atoms with van der Waals surface area (Å²) in [4.78, 5) is 74.0. The van der Waals surface area contributed by atoms with Crippen LogP contribution >= 0.6 is 23.5 Å². The Morgan fingerprint density at radius 3 is 2.29 bits per heavy atom. The average Bonchev–Trinajstić information content (AvgIpc) is 3.06. The highest BCUT2D eigenvalue weighted by molar-refractivity contribution is 7.66. The molecule has 0 spiro atoms. The molecule has 19 nitrogen and oxygen atoms in total. The summed E-state index contributed by atoms with van der Waals surface area (Å²) in [5, 5.41) is 13.1. The zero-order chi connectivity index (χ0) is 28.3. The van der Waals surface area contributed by atoms with Crippen molar-refractivity contribution in [3.63, 3.8) is 0 Å². The first-order valence-electron chi connectivity index (χ1n) is 10.0. The van der Waals surface area contributed by atoms with E-state index in [0.29, 0.717) is 4.57 Å². The smallest absolute Gasteiger partial charge is 0.440 e. The Labute approximate surface area is 211 Å². The normalized spacial score (nSPS) is 24.8. The van der Waals surface area contributed by atoms with Gasteiger partial charge in [0.1, 0.15) is 12.2 Å². The van der Waals surface area contributed by atoms with Crippen molar-refractivity contribution in [2.24, 2.45) is 0 Å². The second-order valence-corrected chi connectivity index (χ2v) is 11.7. The van der Waals surface area contributed by atoms with Crippen LogP contribution in [0.5, 0.6) is 0 Å². The summed E-state index contributed by atoms with van der Waals surface area (Å²) < 4.78 is 57.4. The van der Waals surface area contributed by atoms with E-state index >= 15 is 0 Å². The predicted octanol–water partition coefficient (Wildman–Crippen LogP) is -0.244. The molecule has 7 N–H and O–H groups in total. The Morgan fingerprint density at radius 1 is 1.03 bits per heavy atom. The molecule has 0 bridgehead atoms. The number of carbonyl (C=O) groups is 1. The van der Waals surface area contributed by atoms with E-state index in [-0.39, 0.29) is 5.69 Å². The van der Waals surface area contributed by atoms with Gasteiger partial charge >= 0.3 is 35.3 Å². The number of amides is 1. The number of para-hydroxylation sites is 1. The third-order valence-electron chi connectivity index (χ3n) is 4.52. The Hall–Kier alpha value is -2.50. The molecular formula is C16H20N3O16P3. The third-order valence-corrected chi connectivity index (χ3v) is 8.32. The molecule has 1 aromatic heterocycles. The quantitative estimate of drug-likeness (QED) is 0.172. The highest BCUT2D eigenvalue weighted by atomic mass is 31.3. The average molecular weight is 603 g/mol. The molecule has 1 aromatic carbocycles. The molecule has 0 saturated carbocycles. The molecule has 0 radical (unpaired) electrons. The molecule has 210 valence electrons. The van der Waals surface area contributed by atoms with Crippen molar-refractivity contribution < 1.29 is 65.8 Å². The van der Waals surface area contributed by atoms with Crippen LogP contribution in [0.25, 0.3) is 0 Å². The summed E-state index contributed by atoms with van der Waals surface area (Å²) in [7, 11) is -17.1. The number of carbonyl (C=O) groups excluding carboxylic acids is 1. The molecule has 2 heterocycles. The molecule has 2 unspecified atom stereocenters. The van der Waals surface area contributed by atoms with Gasteiger partial charge in [-0.05, 0) is 12.1 Å². The minimum Gasteiger partial charge on any atom is -0.440 e. The number of aromatic nitrogens is 2. The third kappa shape index (κ3) is 8.51. The van der Waals surface area contributed by atoms with E-state index in [0.717, 1.165) is 12.3 Å². The number of nitrogens with zero attached hydrogens (tertiary/aromatic N) is 1. The van der Waals surface area contributed by atoms with Crippen molar-refractivity contribution in [2.75, 3.05) is 11.9 Å². The van der Waals surface area contributed by atoms with Crippen LogP contribution in [0.4, 0.5) is 10.5 Å². The van der Waals surface area contributed by atoms with Gasteiger partial charge < -0.3 is 34.2 Å². The lowest BCUT2D eigenvalue weighted by atomic mass is 10.1. The molecule has 22 heteroatoms. The SMILES string of the molecule is O=C(Nc1ccccc1)O[C@H]1[C@@H](O)[C@H](n2ccc(=O)[nH]c2=O)O[C@@H]1COP(=O)(O)OP(=O)(O)OP(=O)(O)O. The lowest BCUT2D eigenvalue weighted by Gasteiger charge is -2.22. The largest absolute Gasteiger partial charge is 0.490 e. The van der Waals surface area contributed by atoms with Crippen molar-refractivity contribution >= 4 is 35.2 Å². The minimum absolute atomic E-state index is 0.282. The van der Waals surface area contributed by atoms with Gasteiger partial charge in [-0.25, -0.2) is 23.3 Å². The van der Waals surface area contributed by atoms with E-state index in [1.807, 2.05) is 4.98 Å². The summed E-state index contributed by atoms with van der Waals surface area (Å²) in [6, 6.07) is 8.75. The summed E-state index contributed by atoms with van der Waals surface area (Å²) in [6.45, 7) is -1.11. The summed E-state index contributed by atoms with van der Waals surface area (Å²) in [5.41, 5.74) is -1.54. The first kappa shape index (κ1) is 30.0. The molecule has 1 fully saturated rings. The Kier molecular flexibility index (Phi) is 9.26. The van der Waals surface area contributed by atoms with Gasteiger partial charge in [-0.2, -0.15) is 8.62 Å². The summed E-state index contributed by atoms with van der Waals surface area (Å²) >= 11 is 0. The number of hydrogen-bond acceptors (Lipinski definition) is 12. The number of aliphatic hydroxyl groups excluding tert-OH is 1. The number of hydrogen-bond donors (Lipinski definition) is 7. The predicted molar refractivity (Wildman–Crippen MR) is 121 cm³/mol. The number of ether oxygens (including phenoxy) is 2. The Balaban J connectivity index is 1.79. The number of aromatic amines is 1. The fraction of sp³-hybridized carbons (Fsp3) is 0.312. The molecule has 0 aliphatic carbocycles. The van der Waals surface area contributed by atoms with Crippen LogP contribution in [0.1, 0.15) is 6.23 Å². The van der Waals surface area contributed by atoms with Gasteiger partial charge in [-0.15, -0.1) is 0 Å². The number of rotatable bonds is 10. The molecule has 6 atom stereocenters. The van der Waals surface area contributed by atoms with Crippen LogP contribution in [-0.2, 0) is 36.3 Å². The second kappa shape index (κ2) is 11.7. The standard InChI is InChI=1S/C16H20N3O16P3/c20-11-6-7-19(15(22)18-11)14-12(21)13(33-16(23)17-9-4-2-1-3-5-9)10(32-14)8-31-37(27,28)35-38(29,30)34-36(24,25)26/h1-7,10,12-14,21H,8H2,(H,17,23)(H,27,28)(H,29,30)(H,18,20,22)(H2,24,25,26)/t10-,12-,13-,14-/m1/s1. The van der Waals surface area contributed by atoms with Gasteiger partial charge in [0.25, 0.3) is 5.56 Å². The van der Waals surface area contributed by atoms with Gasteiger partial charge in [0.2, 0.25) is 0 Å². The topological polar surface area (TPSA) is 282 Å². The van der Waals surface area contributed by atoms with Gasteiger partial charge in [0.05, 0.1) is 6.61 Å². The first-order valence-corrected chi connectivity index (χ1v) is 14.5. The molecule has 2 aromatic rings. The lowest BCUT2D eigenvalue weighted by molar-refractivity contribution is -0.0544. The van der Waals surface area contributed by atoms with Gasteiger partial charge in [0.15, 0.2) is 12.3 Å². The number of benzene rings is 1. The zero-order valence-electron chi connectivity index (χ0n) is 18.6. The summed E-state index contributed by atoms with van der Waals surface area (Å²) in [5.74, 6) is 0. The van der Waals surface area contributed by atoms with Gasteiger partial charge in [0, 0.05) is 18.0 Å². The van der Waals surface area contributed by atoms with Crippen molar-refractivity contribution in [1.29, 1.82) is 0 Å². The molecule has 1 aliphatic heterocycles. The van der Waals surface area contributed by atoms with E-state index in [4.69, 9.17) is 19.3 Å². The number of H-pyrrole nitrogens is 1. The second-order valence-electron chi connectivity index (χ2n) is 7.32. The Morgan fingerprint density at radius 2 is 1.68 bits per heavy atom. The molecule has 38 heavy (non-hydrogen) atoms. The number of phosphoric ester groups is 1. The highest BCUT2D eigenvalue weighted by Crippen LogP contribution is 2.66. The van der Waals surface area contributed by atoms with Crippen LogP contribution < -0.4 is 16.6 Å². The first-order chi connectivity index (χ1) is 17.6. The van der Waals surface area contributed by atoms with Crippen molar-refractivity contribution in [2.45, 2.75) is 24.5 Å². The van der Waals surface area contributed by atoms with Gasteiger partial charge in [-0.1, -0.05) is 18.2 Å². The fourth-order valence-electron chi connectivity index (χ4n) is 3.12. The van der Waals surface area contributed by atoms with Crippen molar-refractivity contribution in [3.8, 4) is 0 Å². The molecule has 1 amide bonds. The lowest BCUT2D eigenvalue weighted by Crippen LogP contribution is -2.40. The van der Waals surface area contributed by atoms with E-state index < -0.39 is 72.0 Å².